The summed E-state index contributed by atoms with van der Waals surface area (Å²) in [6.07, 6.45) is 87.6. The summed E-state index contributed by atoms with van der Waals surface area (Å²) in [5.41, 5.74) is 0. The van der Waals surface area contributed by atoms with Crippen LogP contribution in [0.15, 0.2) is 36.5 Å². The van der Waals surface area contributed by atoms with Crippen molar-refractivity contribution in [2.75, 3.05) is 13.2 Å². The van der Waals surface area contributed by atoms with E-state index in [-0.39, 0.29) is 31.1 Å². The normalized spacial score (nSPS) is 12.2. The summed E-state index contributed by atoms with van der Waals surface area (Å²) in [6.45, 7) is 6.70. The van der Waals surface area contributed by atoms with Crippen LogP contribution in [-0.2, 0) is 28.6 Å². The molecule has 0 bridgehead atoms. The maximum Gasteiger partial charge on any atom is 0.306 e. The van der Waals surface area contributed by atoms with Crippen molar-refractivity contribution in [2.45, 2.75) is 412 Å². The lowest BCUT2D eigenvalue weighted by Crippen LogP contribution is -2.30. The molecule has 1 unspecified atom stereocenters. The zero-order valence-electron chi connectivity index (χ0n) is 54.8. The molecule has 1 atom stereocenters. The van der Waals surface area contributed by atoms with Gasteiger partial charge in [-0.2, -0.15) is 0 Å². The van der Waals surface area contributed by atoms with Crippen LogP contribution in [0.2, 0.25) is 0 Å². The first-order valence-corrected chi connectivity index (χ1v) is 36.5. The Morgan fingerprint density at radius 1 is 0.247 bits per heavy atom. The quantitative estimate of drug-likeness (QED) is 0.0261. The van der Waals surface area contributed by atoms with E-state index in [1.807, 2.05) is 0 Å². The summed E-state index contributed by atoms with van der Waals surface area (Å²) in [5.74, 6) is -0.833. The second-order valence-electron chi connectivity index (χ2n) is 24.9. The van der Waals surface area contributed by atoms with Crippen LogP contribution < -0.4 is 0 Å². The Kier molecular flexibility index (Phi) is 68.1. The third-order valence-corrected chi connectivity index (χ3v) is 16.6. The molecule has 0 aliphatic carbocycles. The molecule has 0 aliphatic heterocycles. The van der Waals surface area contributed by atoms with E-state index in [9.17, 15) is 14.4 Å². The molecule has 81 heavy (non-hydrogen) atoms. The fourth-order valence-corrected chi connectivity index (χ4v) is 11.2. The molecule has 6 heteroatoms. The van der Waals surface area contributed by atoms with Crippen molar-refractivity contribution < 1.29 is 28.6 Å². The van der Waals surface area contributed by atoms with Gasteiger partial charge in [-0.3, -0.25) is 14.4 Å². The average molecular weight is 1140 g/mol. The highest BCUT2D eigenvalue weighted by Gasteiger charge is 2.19. The summed E-state index contributed by atoms with van der Waals surface area (Å²) in [4.78, 5) is 38.4. The Bertz CT molecular complexity index is 1350. The van der Waals surface area contributed by atoms with Crippen LogP contribution in [0, 0.1) is 0 Å². The molecule has 0 rings (SSSR count). The standard InChI is InChI=1S/C75H140O6/c1-4-7-10-13-16-19-22-25-27-29-31-33-34-35-36-37-38-39-40-41-42-43-45-46-48-50-53-56-59-62-65-68-74(77)80-71-72(70-79-73(76)67-64-61-58-55-52-24-21-18-15-12-9-6-3)81-75(78)69-66-63-60-57-54-51-49-47-44-32-30-28-26-23-20-17-14-11-8-5-2/h22,25,29,31,34-35,72H,4-21,23-24,26-28,30,32-33,36-71H2,1-3H3/b25-22-,31-29-,35-34-. The topological polar surface area (TPSA) is 78.9 Å². The minimum absolute atomic E-state index is 0.0646. The van der Waals surface area contributed by atoms with Gasteiger partial charge in [-0.25, -0.2) is 0 Å². The minimum Gasteiger partial charge on any atom is -0.462 e. The molecular weight excluding hydrogens is 997 g/mol. The summed E-state index contributed by atoms with van der Waals surface area (Å²) in [6, 6.07) is 0. The molecule has 0 aliphatic rings. The van der Waals surface area contributed by atoms with Gasteiger partial charge < -0.3 is 14.2 Å². The zero-order valence-corrected chi connectivity index (χ0v) is 54.8. The lowest BCUT2D eigenvalue weighted by Gasteiger charge is -2.18. The van der Waals surface area contributed by atoms with Gasteiger partial charge in [-0.15, -0.1) is 0 Å². The van der Waals surface area contributed by atoms with Crippen molar-refractivity contribution in [3.63, 3.8) is 0 Å². The van der Waals surface area contributed by atoms with Crippen molar-refractivity contribution in [3.05, 3.63) is 36.5 Å². The van der Waals surface area contributed by atoms with Gasteiger partial charge in [0.05, 0.1) is 0 Å². The second kappa shape index (κ2) is 70.1. The Hall–Kier alpha value is -2.37. The summed E-state index contributed by atoms with van der Waals surface area (Å²) >= 11 is 0. The highest BCUT2D eigenvalue weighted by atomic mass is 16.6. The minimum atomic E-state index is -0.768. The fourth-order valence-electron chi connectivity index (χ4n) is 11.2. The molecule has 0 amide bonds. The Morgan fingerprint density at radius 3 is 0.691 bits per heavy atom. The zero-order chi connectivity index (χ0) is 58.5. The molecule has 0 saturated carbocycles. The third-order valence-electron chi connectivity index (χ3n) is 16.6. The molecule has 0 aromatic rings. The first kappa shape index (κ1) is 78.6. The molecule has 0 saturated heterocycles. The Labute approximate surface area is 506 Å². The van der Waals surface area contributed by atoms with E-state index in [1.165, 1.54) is 295 Å². The van der Waals surface area contributed by atoms with Crippen LogP contribution in [0.5, 0.6) is 0 Å². The van der Waals surface area contributed by atoms with Crippen LogP contribution in [0.1, 0.15) is 406 Å². The molecule has 0 spiro atoms. The van der Waals surface area contributed by atoms with Crippen LogP contribution in [0.25, 0.3) is 0 Å². The van der Waals surface area contributed by atoms with Crippen LogP contribution in [0.4, 0.5) is 0 Å². The van der Waals surface area contributed by atoms with E-state index in [0.717, 1.165) is 70.6 Å². The number of ether oxygens (including phenoxy) is 3. The average Bonchev–Trinajstić information content (AvgIpc) is 3.47. The number of hydrogen-bond acceptors (Lipinski definition) is 6. The Morgan fingerprint density at radius 2 is 0.444 bits per heavy atom. The van der Waals surface area contributed by atoms with E-state index in [1.54, 1.807) is 0 Å². The van der Waals surface area contributed by atoms with Crippen LogP contribution in [0.3, 0.4) is 0 Å². The summed E-state index contributed by atoms with van der Waals surface area (Å²) < 4.78 is 17.0. The molecule has 0 aromatic carbocycles. The van der Waals surface area contributed by atoms with Crippen molar-refractivity contribution in [3.8, 4) is 0 Å². The number of rotatable bonds is 68. The molecule has 0 fully saturated rings. The first-order chi connectivity index (χ1) is 40.0. The van der Waals surface area contributed by atoms with Gasteiger partial charge in [-0.1, -0.05) is 365 Å². The molecule has 0 N–H and O–H groups in total. The molecular formula is C75H140O6. The smallest absolute Gasteiger partial charge is 0.306 e. The fraction of sp³-hybridized carbons (Fsp3) is 0.880. The third kappa shape index (κ3) is 68.3. The Balaban J connectivity index is 4.14. The lowest BCUT2D eigenvalue weighted by molar-refractivity contribution is -0.167. The lowest BCUT2D eigenvalue weighted by atomic mass is 10.0. The number of carbonyl (C=O) groups excluding carboxylic acids is 3. The van der Waals surface area contributed by atoms with Gasteiger partial charge in [0.1, 0.15) is 13.2 Å². The maximum atomic E-state index is 12.9. The molecule has 0 heterocycles. The SMILES string of the molecule is CCCCCCC/C=C\C/C=C\C/C=C\CCCCCCCCCCCCCCCCCCC(=O)OCC(COC(=O)CCCCCCCCCCCCCC)OC(=O)CCCCCCCCCCCCCCCCCCCCCC. The first-order valence-electron chi connectivity index (χ1n) is 36.5. The molecule has 0 aromatic heterocycles. The van der Waals surface area contributed by atoms with Crippen molar-refractivity contribution >= 4 is 17.9 Å². The number of esters is 3. The van der Waals surface area contributed by atoms with Gasteiger partial charge in [0.15, 0.2) is 6.10 Å². The molecule has 476 valence electrons. The number of allylic oxidation sites excluding steroid dienone is 6. The number of carbonyl (C=O) groups is 3. The van der Waals surface area contributed by atoms with E-state index in [4.69, 9.17) is 14.2 Å². The molecule has 6 nitrogen and oxygen atoms in total. The van der Waals surface area contributed by atoms with Crippen molar-refractivity contribution in [1.82, 2.24) is 0 Å². The summed E-state index contributed by atoms with van der Waals surface area (Å²) in [7, 11) is 0. The van der Waals surface area contributed by atoms with Crippen LogP contribution in [-0.4, -0.2) is 37.2 Å². The predicted molar refractivity (Wildman–Crippen MR) is 353 cm³/mol. The maximum absolute atomic E-state index is 12.9. The summed E-state index contributed by atoms with van der Waals surface area (Å²) in [5, 5.41) is 0. The predicted octanol–water partition coefficient (Wildman–Crippen LogP) is 25.1. The highest BCUT2D eigenvalue weighted by molar-refractivity contribution is 5.71. The van der Waals surface area contributed by atoms with Crippen LogP contribution >= 0.6 is 0 Å². The number of hydrogen-bond donors (Lipinski definition) is 0. The second-order valence-corrected chi connectivity index (χ2v) is 24.9. The van der Waals surface area contributed by atoms with Crippen molar-refractivity contribution in [2.24, 2.45) is 0 Å². The van der Waals surface area contributed by atoms with E-state index in [0.29, 0.717) is 19.3 Å². The van der Waals surface area contributed by atoms with Gasteiger partial charge in [0.25, 0.3) is 0 Å². The van der Waals surface area contributed by atoms with Crippen molar-refractivity contribution in [1.29, 1.82) is 0 Å². The monoisotopic (exact) mass is 1140 g/mol. The van der Waals surface area contributed by atoms with E-state index in [2.05, 4.69) is 57.2 Å². The highest BCUT2D eigenvalue weighted by Crippen LogP contribution is 2.19. The van der Waals surface area contributed by atoms with Gasteiger partial charge in [-0.05, 0) is 57.8 Å². The molecule has 0 radical (unpaired) electrons. The number of unbranched alkanes of at least 4 members (excludes halogenated alkanes) is 51. The van der Waals surface area contributed by atoms with Gasteiger partial charge in [0, 0.05) is 19.3 Å². The van der Waals surface area contributed by atoms with E-state index < -0.39 is 6.10 Å². The van der Waals surface area contributed by atoms with E-state index >= 15 is 0 Å². The largest absolute Gasteiger partial charge is 0.462 e. The van der Waals surface area contributed by atoms with Gasteiger partial charge in [0.2, 0.25) is 0 Å². The van der Waals surface area contributed by atoms with Gasteiger partial charge >= 0.3 is 17.9 Å².